The average molecular weight is 542 g/mol. The van der Waals surface area contributed by atoms with Crippen LogP contribution in [0.1, 0.15) is 18.9 Å². The standard InChI is InChI=1S/C20H18Br2N2O6/c1-8(20(27)28)30-17-12(29-2)6-11(15(21)16(17)22)7-23-24-18(25)13-9-3-4-10(5-9)14(13)19(24)26/h3-4,6-10,13-14H,5H2,1-2H3,(H,27,28)/t8-,9-,10-,13-,14+/m0/s1. The van der Waals surface area contributed by atoms with E-state index in [0.29, 0.717) is 14.5 Å². The zero-order chi connectivity index (χ0) is 21.7. The summed E-state index contributed by atoms with van der Waals surface area (Å²) in [6.45, 7) is 1.40. The molecule has 10 heteroatoms. The van der Waals surface area contributed by atoms with Gasteiger partial charge in [0.2, 0.25) is 0 Å². The summed E-state index contributed by atoms with van der Waals surface area (Å²) in [5, 5.41) is 14.2. The second-order valence-electron chi connectivity index (χ2n) is 7.46. The maximum atomic E-state index is 12.8. The fourth-order valence-corrected chi connectivity index (χ4v) is 5.22. The van der Waals surface area contributed by atoms with Crippen LogP contribution in [-0.4, -0.2) is 47.3 Å². The van der Waals surface area contributed by atoms with Crippen LogP contribution < -0.4 is 9.47 Å². The van der Waals surface area contributed by atoms with Crippen LogP contribution in [-0.2, 0) is 14.4 Å². The third kappa shape index (κ3) is 3.26. The molecule has 1 N–H and O–H groups in total. The van der Waals surface area contributed by atoms with Gasteiger partial charge in [-0.1, -0.05) is 12.2 Å². The summed E-state index contributed by atoms with van der Waals surface area (Å²) >= 11 is 6.80. The summed E-state index contributed by atoms with van der Waals surface area (Å²) in [6, 6.07) is 1.58. The second kappa shape index (κ2) is 7.81. The van der Waals surface area contributed by atoms with Crippen LogP contribution in [0.15, 0.2) is 32.3 Å². The Bertz CT molecular complexity index is 978. The number of carboxylic acids is 1. The molecule has 158 valence electrons. The Balaban J connectivity index is 1.61. The van der Waals surface area contributed by atoms with Crippen molar-refractivity contribution in [2.75, 3.05) is 7.11 Å². The number of rotatable bonds is 6. The predicted molar refractivity (Wildman–Crippen MR) is 113 cm³/mol. The molecule has 0 spiro atoms. The lowest BCUT2D eigenvalue weighted by Gasteiger charge is -2.17. The van der Waals surface area contributed by atoms with E-state index >= 15 is 0 Å². The van der Waals surface area contributed by atoms with Gasteiger partial charge in [0.15, 0.2) is 17.6 Å². The Morgan fingerprint density at radius 1 is 1.23 bits per heavy atom. The van der Waals surface area contributed by atoms with Gasteiger partial charge >= 0.3 is 5.97 Å². The minimum atomic E-state index is -1.12. The largest absolute Gasteiger partial charge is 0.493 e. The normalized spacial score (nSPS) is 27.8. The minimum Gasteiger partial charge on any atom is -0.493 e. The van der Waals surface area contributed by atoms with Crippen molar-refractivity contribution in [3.05, 3.63) is 32.7 Å². The van der Waals surface area contributed by atoms with Crippen LogP contribution >= 0.6 is 31.9 Å². The number of nitrogens with zero attached hydrogens (tertiary/aromatic N) is 2. The monoisotopic (exact) mass is 540 g/mol. The van der Waals surface area contributed by atoms with E-state index in [2.05, 4.69) is 37.0 Å². The third-order valence-electron chi connectivity index (χ3n) is 5.78. The molecule has 0 aromatic heterocycles. The highest BCUT2D eigenvalue weighted by molar-refractivity contribution is 9.13. The molecule has 0 unspecified atom stereocenters. The smallest absolute Gasteiger partial charge is 0.344 e. The predicted octanol–water partition coefficient (Wildman–Crippen LogP) is 3.21. The lowest BCUT2D eigenvalue weighted by atomic mass is 9.85. The zero-order valence-electron chi connectivity index (χ0n) is 16.0. The Morgan fingerprint density at radius 2 is 1.83 bits per heavy atom. The number of carboxylic acid groups (broad SMARTS) is 1. The molecule has 1 saturated carbocycles. The average Bonchev–Trinajstić information content (AvgIpc) is 3.39. The first-order chi connectivity index (χ1) is 14.2. The van der Waals surface area contributed by atoms with E-state index in [4.69, 9.17) is 14.6 Å². The van der Waals surface area contributed by atoms with Crippen molar-refractivity contribution in [2.45, 2.75) is 19.4 Å². The molecule has 2 aliphatic carbocycles. The molecular formula is C20H18Br2N2O6. The molecule has 4 rings (SSSR count). The summed E-state index contributed by atoms with van der Waals surface area (Å²) in [4.78, 5) is 36.6. The Kier molecular flexibility index (Phi) is 5.48. The van der Waals surface area contributed by atoms with E-state index in [1.54, 1.807) is 6.07 Å². The highest BCUT2D eigenvalue weighted by Crippen LogP contribution is 2.52. The number of fused-ring (bicyclic) bond motifs is 5. The maximum Gasteiger partial charge on any atom is 0.344 e. The summed E-state index contributed by atoms with van der Waals surface area (Å²) in [5.41, 5.74) is 0.521. The minimum absolute atomic E-state index is 0.116. The van der Waals surface area contributed by atoms with E-state index < -0.39 is 12.1 Å². The number of imide groups is 1. The molecule has 30 heavy (non-hydrogen) atoms. The molecule has 2 bridgehead atoms. The van der Waals surface area contributed by atoms with E-state index in [0.717, 1.165) is 11.4 Å². The fraction of sp³-hybridized carbons (Fsp3) is 0.400. The molecule has 1 heterocycles. The molecule has 8 nitrogen and oxygen atoms in total. The van der Waals surface area contributed by atoms with Crippen LogP contribution in [0.5, 0.6) is 11.5 Å². The molecule has 1 aliphatic heterocycles. The van der Waals surface area contributed by atoms with Crippen molar-refractivity contribution < 1.29 is 29.0 Å². The van der Waals surface area contributed by atoms with Gasteiger partial charge in [-0.2, -0.15) is 10.1 Å². The quantitative estimate of drug-likeness (QED) is 0.337. The van der Waals surface area contributed by atoms with Gasteiger partial charge in [-0.25, -0.2) is 4.79 Å². The number of amides is 2. The number of carbonyl (C=O) groups is 3. The Labute approximate surface area is 189 Å². The summed E-state index contributed by atoms with van der Waals surface area (Å²) in [7, 11) is 1.42. The lowest BCUT2D eigenvalue weighted by Crippen LogP contribution is -2.28. The number of hydrogen-bond donors (Lipinski definition) is 1. The number of ether oxygens (including phenoxy) is 2. The fourth-order valence-electron chi connectivity index (χ4n) is 4.31. The first-order valence-corrected chi connectivity index (χ1v) is 10.9. The van der Waals surface area contributed by atoms with Gasteiger partial charge in [0.05, 0.1) is 29.6 Å². The van der Waals surface area contributed by atoms with Gasteiger partial charge in [0.25, 0.3) is 11.8 Å². The number of carbonyl (C=O) groups excluding carboxylic acids is 2. The number of allylic oxidation sites excluding steroid dienone is 2. The van der Waals surface area contributed by atoms with Crippen molar-refractivity contribution in [3.63, 3.8) is 0 Å². The van der Waals surface area contributed by atoms with Gasteiger partial charge in [-0.05, 0) is 63.1 Å². The van der Waals surface area contributed by atoms with Crippen LogP contribution in [0.4, 0.5) is 0 Å². The van der Waals surface area contributed by atoms with Crippen molar-refractivity contribution in [1.82, 2.24) is 5.01 Å². The number of benzene rings is 1. The Morgan fingerprint density at radius 3 is 2.37 bits per heavy atom. The molecular weight excluding hydrogens is 524 g/mol. The van der Waals surface area contributed by atoms with Crippen LogP contribution in [0, 0.1) is 23.7 Å². The molecule has 1 saturated heterocycles. The van der Waals surface area contributed by atoms with Gasteiger partial charge in [0.1, 0.15) is 0 Å². The highest BCUT2D eigenvalue weighted by atomic mass is 79.9. The molecule has 3 aliphatic rings. The van der Waals surface area contributed by atoms with Crippen LogP contribution in [0.25, 0.3) is 0 Å². The van der Waals surface area contributed by atoms with Gasteiger partial charge in [-0.3, -0.25) is 9.59 Å². The van der Waals surface area contributed by atoms with Gasteiger partial charge in [0, 0.05) is 10.0 Å². The van der Waals surface area contributed by atoms with Crippen LogP contribution in [0.2, 0.25) is 0 Å². The molecule has 2 fully saturated rings. The number of hydrogen-bond acceptors (Lipinski definition) is 6. The van der Waals surface area contributed by atoms with Crippen molar-refractivity contribution in [1.29, 1.82) is 0 Å². The van der Waals surface area contributed by atoms with Gasteiger partial charge in [-0.15, -0.1) is 0 Å². The summed E-state index contributed by atoms with van der Waals surface area (Å²) in [6.07, 6.45) is 5.22. The second-order valence-corrected chi connectivity index (χ2v) is 9.04. The SMILES string of the molecule is COc1cc(C=NN2C(=O)[C@@H]3[C@H](C2=O)[C@H]2C=C[C@H]3C2)c(Br)c(Br)c1O[C@@H](C)C(=O)O. The topological polar surface area (TPSA) is 106 Å². The van der Waals surface area contributed by atoms with Crippen molar-refractivity contribution >= 4 is 55.9 Å². The van der Waals surface area contributed by atoms with E-state index in [1.165, 1.54) is 20.2 Å². The molecule has 1 aromatic rings. The van der Waals surface area contributed by atoms with Crippen molar-refractivity contribution in [2.24, 2.45) is 28.8 Å². The number of aliphatic carboxylic acids is 1. The number of hydrazone groups is 1. The molecule has 2 amide bonds. The maximum absolute atomic E-state index is 12.8. The first kappa shape index (κ1) is 21.0. The third-order valence-corrected chi connectivity index (χ3v) is 7.92. The zero-order valence-corrected chi connectivity index (χ0v) is 19.2. The van der Waals surface area contributed by atoms with Crippen molar-refractivity contribution in [3.8, 4) is 11.5 Å². The number of halogens is 2. The lowest BCUT2D eigenvalue weighted by molar-refractivity contribution is -0.144. The van der Waals surface area contributed by atoms with Crippen LogP contribution in [0.3, 0.4) is 0 Å². The summed E-state index contributed by atoms with van der Waals surface area (Å²) < 4.78 is 11.8. The first-order valence-electron chi connectivity index (χ1n) is 9.30. The molecule has 1 aromatic carbocycles. The number of methoxy groups -OCH3 is 1. The highest BCUT2D eigenvalue weighted by Gasteiger charge is 2.59. The summed E-state index contributed by atoms with van der Waals surface area (Å²) in [5.74, 6) is -1.57. The van der Waals surface area contributed by atoms with E-state index in [-0.39, 0.29) is 47.0 Å². The van der Waals surface area contributed by atoms with E-state index in [9.17, 15) is 14.4 Å². The Hall–Kier alpha value is -2.20. The van der Waals surface area contributed by atoms with E-state index in [1.807, 2.05) is 12.2 Å². The molecule has 5 atom stereocenters. The molecule has 0 radical (unpaired) electrons. The van der Waals surface area contributed by atoms with Gasteiger partial charge < -0.3 is 14.6 Å².